The summed E-state index contributed by atoms with van der Waals surface area (Å²) in [6.45, 7) is 0.516. The molecule has 4 rings (SSSR count). The SMILES string of the molecule is O=C(NCc1cccs1)c1[nH]cnc1C1=Nc2ccccc2C1. The number of nitrogens with zero attached hydrogens (tertiary/aromatic N) is 2. The summed E-state index contributed by atoms with van der Waals surface area (Å²) in [5.74, 6) is -0.162. The lowest BCUT2D eigenvalue weighted by Gasteiger charge is -2.04. The fourth-order valence-electron chi connectivity index (χ4n) is 2.63. The molecule has 3 heterocycles. The molecule has 0 fully saturated rings. The van der Waals surface area contributed by atoms with Gasteiger partial charge >= 0.3 is 0 Å². The Bertz CT molecular complexity index is 880. The Morgan fingerprint density at radius 3 is 3.00 bits per heavy atom. The number of thiophene rings is 1. The van der Waals surface area contributed by atoms with E-state index in [1.165, 1.54) is 0 Å². The van der Waals surface area contributed by atoms with Crippen molar-refractivity contribution in [1.29, 1.82) is 0 Å². The second kappa shape index (κ2) is 5.81. The number of rotatable bonds is 4. The van der Waals surface area contributed by atoms with E-state index in [2.05, 4.69) is 26.3 Å². The van der Waals surface area contributed by atoms with Crippen LogP contribution in [0.4, 0.5) is 5.69 Å². The number of fused-ring (bicyclic) bond motifs is 1. The Labute approximate surface area is 137 Å². The molecule has 1 aliphatic rings. The normalized spacial score (nSPS) is 12.8. The summed E-state index contributed by atoms with van der Waals surface area (Å²) in [7, 11) is 0. The van der Waals surface area contributed by atoms with Gasteiger partial charge in [-0.1, -0.05) is 24.3 Å². The van der Waals surface area contributed by atoms with Crippen LogP contribution < -0.4 is 5.32 Å². The quantitative estimate of drug-likeness (QED) is 0.775. The van der Waals surface area contributed by atoms with Gasteiger partial charge in [0, 0.05) is 11.3 Å². The van der Waals surface area contributed by atoms with Crippen molar-refractivity contribution in [2.45, 2.75) is 13.0 Å². The molecule has 114 valence electrons. The van der Waals surface area contributed by atoms with E-state index in [1.807, 2.05) is 35.7 Å². The molecule has 1 amide bonds. The number of hydrogen-bond donors (Lipinski definition) is 2. The van der Waals surface area contributed by atoms with Crippen molar-refractivity contribution in [3.05, 3.63) is 69.9 Å². The predicted octanol–water partition coefficient (Wildman–Crippen LogP) is 3.08. The van der Waals surface area contributed by atoms with E-state index in [0.29, 0.717) is 24.4 Å². The van der Waals surface area contributed by atoms with Gasteiger partial charge in [0.15, 0.2) is 0 Å². The number of H-pyrrole nitrogens is 1. The molecule has 6 heteroatoms. The number of imidazole rings is 1. The number of carbonyl (C=O) groups is 1. The Morgan fingerprint density at radius 2 is 2.17 bits per heavy atom. The number of amides is 1. The second-order valence-electron chi connectivity index (χ2n) is 5.25. The molecular weight excluding hydrogens is 308 g/mol. The van der Waals surface area contributed by atoms with Crippen molar-refractivity contribution in [3.63, 3.8) is 0 Å². The topological polar surface area (TPSA) is 70.1 Å². The van der Waals surface area contributed by atoms with Gasteiger partial charge in [0.2, 0.25) is 0 Å². The van der Waals surface area contributed by atoms with Crippen molar-refractivity contribution in [3.8, 4) is 0 Å². The molecule has 5 nitrogen and oxygen atoms in total. The molecule has 0 aliphatic carbocycles. The van der Waals surface area contributed by atoms with E-state index in [1.54, 1.807) is 17.7 Å². The number of nitrogens with one attached hydrogen (secondary N) is 2. The van der Waals surface area contributed by atoms with E-state index in [4.69, 9.17) is 0 Å². The van der Waals surface area contributed by atoms with Gasteiger partial charge in [-0.3, -0.25) is 9.79 Å². The van der Waals surface area contributed by atoms with E-state index >= 15 is 0 Å². The molecule has 0 saturated heterocycles. The molecule has 1 aliphatic heterocycles. The van der Waals surface area contributed by atoms with Gasteiger partial charge < -0.3 is 10.3 Å². The molecule has 0 bridgehead atoms. The highest BCUT2D eigenvalue weighted by molar-refractivity contribution is 7.09. The first kappa shape index (κ1) is 13.9. The van der Waals surface area contributed by atoms with Crippen LogP contribution in [0.1, 0.15) is 26.6 Å². The highest BCUT2D eigenvalue weighted by Crippen LogP contribution is 2.28. The maximum atomic E-state index is 12.4. The number of carbonyl (C=O) groups excluding carboxylic acids is 1. The molecule has 1 aromatic carbocycles. The molecule has 2 aromatic heterocycles. The first-order chi connectivity index (χ1) is 11.3. The highest BCUT2D eigenvalue weighted by atomic mass is 32.1. The van der Waals surface area contributed by atoms with Gasteiger partial charge in [-0.25, -0.2) is 4.98 Å². The minimum atomic E-state index is -0.162. The van der Waals surface area contributed by atoms with Crippen molar-refractivity contribution in [1.82, 2.24) is 15.3 Å². The van der Waals surface area contributed by atoms with Crippen LogP contribution in [0.3, 0.4) is 0 Å². The smallest absolute Gasteiger partial charge is 0.270 e. The Balaban J connectivity index is 1.54. The first-order valence-electron chi connectivity index (χ1n) is 7.31. The van der Waals surface area contributed by atoms with Crippen LogP contribution in [0.25, 0.3) is 0 Å². The summed E-state index contributed by atoms with van der Waals surface area (Å²) in [6.07, 6.45) is 2.24. The van der Waals surface area contributed by atoms with Gasteiger partial charge in [0.25, 0.3) is 5.91 Å². The summed E-state index contributed by atoms with van der Waals surface area (Å²) in [5.41, 5.74) is 4.04. The Hall–Kier alpha value is -2.73. The fourth-order valence-corrected chi connectivity index (χ4v) is 3.27. The van der Waals surface area contributed by atoms with Crippen LogP contribution in [0, 0.1) is 0 Å². The average molecular weight is 322 g/mol. The molecular formula is C17H14N4OS. The molecule has 0 radical (unpaired) electrons. The number of aromatic nitrogens is 2. The molecule has 3 aromatic rings. The molecule has 0 spiro atoms. The second-order valence-corrected chi connectivity index (χ2v) is 6.28. The summed E-state index contributed by atoms with van der Waals surface area (Å²) < 4.78 is 0. The Kier molecular flexibility index (Phi) is 3.51. The van der Waals surface area contributed by atoms with Crippen LogP contribution >= 0.6 is 11.3 Å². The molecule has 0 unspecified atom stereocenters. The van der Waals surface area contributed by atoms with Crippen molar-refractivity contribution in [2.24, 2.45) is 4.99 Å². The lowest BCUT2D eigenvalue weighted by molar-refractivity contribution is 0.0946. The van der Waals surface area contributed by atoms with Gasteiger partial charge in [-0.15, -0.1) is 11.3 Å². The predicted molar refractivity (Wildman–Crippen MR) is 90.4 cm³/mol. The van der Waals surface area contributed by atoms with E-state index < -0.39 is 0 Å². The third-order valence-electron chi connectivity index (χ3n) is 3.75. The van der Waals surface area contributed by atoms with Crippen LogP contribution in [-0.4, -0.2) is 21.6 Å². The molecule has 23 heavy (non-hydrogen) atoms. The van der Waals surface area contributed by atoms with Crippen molar-refractivity contribution < 1.29 is 4.79 Å². The van der Waals surface area contributed by atoms with Gasteiger partial charge in [-0.05, 0) is 23.1 Å². The number of benzene rings is 1. The minimum absolute atomic E-state index is 0.162. The number of para-hydroxylation sites is 1. The van der Waals surface area contributed by atoms with Crippen LogP contribution in [0.2, 0.25) is 0 Å². The number of hydrogen-bond acceptors (Lipinski definition) is 4. The molecule has 2 N–H and O–H groups in total. The maximum Gasteiger partial charge on any atom is 0.270 e. The zero-order valence-corrected chi connectivity index (χ0v) is 13.1. The molecule has 0 saturated carbocycles. The standard InChI is InChI=1S/C17H14N4OS/c22-17(18-9-12-5-3-7-23-12)16-15(19-10-20-16)14-8-11-4-1-2-6-13(11)21-14/h1-7,10H,8-9H2,(H,18,22)(H,19,20). The highest BCUT2D eigenvalue weighted by Gasteiger charge is 2.23. The lowest BCUT2D eigenvalue weighted by Crippen LogP contribution is -2.25. The minimum Gasteiger partial charge on any atom is -0.346 e. The van der Waals surface area contributed by atoms with Gasteiger partial charge in [0.1, 0.15) is 11.4 Å². The largest absolute Gasteiger partial charge is 0.346 e. The first-order valence-corrected chi connectivity index (χ1v) is 8.19. The van der Waals surface area contributed by atoms with Crippen LogP contribution in [0.5, 0.6) is 0 Å². The monoisotopic (exact) mass is 322 g/mol. The maximum absolute atomic E-state index is 12.4. The summed E-state index contributed by atoms with van der Waals surface area (Å²) in [5, 5.41) is 4.91. The van der Waals surface area contributed by atoms with E-state index in [0.717, 1.165) is 21.8 Å². The van der Waals surface area contributed by atoms with Crippen LogP contribution in [-0.2, 0) is 13.0 Å². The summed E-state index contributed by atoms with van der Waals surface area (Å²) in [6, 6.07) is 12.0. The van der Waals surface area contributed by atoms with Crippen molar-refractivity contribution >= 4 is 28.6 Å². The summed E-state index contributed by atoms with van der Waals surface area (Å²) in [4.78, 5) is 25.4. The summed E-state index contributed by atoms with van der Waals surface area (Å²) >= 11 is 1.62. The third kappa shape index (κ3) is 2.68. The van der Waals surface area contributed by atoms with E-state index in [9.17, 15) is 4.79 Å². The van der Waals surface area contributed by atoms with Gasteiger partial charge in [-0.2, -0.15) is 0 Å². The van der Waals surface area contributed by atoms with Crippen molar-refractivity contribution in [2.75, 3.05) is 0 Å². The fraction of sp³-hybridized carbons (Fsp3) is 0.118. The third-order valence-corrected chi connectivity index (χ3v) is 4.62. The van der Waals surface area contributed by atoms with E-state index in [-0.39, 0.29) is 5.91 Å². The average Bonchev–Trinajstić information content (AvgIpc) is 3.31. The zero-order chi connectivity index (χ0) is 15.6. The number of aromatic amines is 1. The molecule has 0 atom stereocenters. The number of aliphatic imine (C=N–C) groups is 1. The lowest BCUT2D eigenvalue weighted by atomic mass is 10.1. The zero-order valence-electron chi connectivity index (χ0n) is 12.2. The Morgan fingerprint density at radius 1 is 1.26 bits per heavy atom. The van der Waals surface area contributed by atoms with Gasteiger partial charge in [0.05, 0.1) is 24.3 Å². The van der Waals surface area contributed by atoms with Crippen LogP contribution in [0.15, 0.2) is 53.1 Å².